The van der Waals surface area contributed by atoms with Gasteiger partial charge in [0, 0.05) is 18.9 Å². The Kier molecular flexibility index (Phi) is 31.9. The van der Waals surface area contributed by atoms with Crippen LogP contribution < -0.4 is 0 Å². The van der Waals surface area contributed by atoms with Gasteiger partial charge in [-0.2, -0.15) is 0 Å². The van der Waals surface area contributed by atoms with Crippen LogP contribution in [0.2, 0.25) is 0 Å². The lowest BCUT2D eigenvalue weighted by atomic mass is 9.90. The number of ether oxygens (including phenoxy) is 2. The molecule has 0 aliphatic carbocycles. The molecule has 290 valence electrons. The average molecular weight is 692 g/mol. The SMILES string of the molecule is CCCCCCCCCCCOC(=O)CCCC1CCN(CC)C1CCCCCC(=O)OC(CCCCCCCC)CCCCCCCC. The maximum absolute atomic E-state index is 12.8. The summed E-state index contributed by atoms with van der Waals surface area (Å²) in [6.07, 6.45) is 38.1. The zero-order valence-corrected chi connectivity index (χ0v) is 33.6. The second kappa shape index (κ2) is 34.0. The van der Waals surface area contributed by atoms with Gasteiger partial charge in [-0.05, 0) is 83.2 Å². The van der Waals surface area contributed by atoms with Gasteiger partial charge < -0.3 is 14.4 Å². The minimum Gasteiger partial charge on any atom is -0.466 e. The average Bonchev–Trinajstić information content (AvgIpc) is 3.49. The molecule has 1 rings (SSSR count). The number of unbranched alkanes of at least 4 members (excludes halogenated alkanes) is 20. The van der Waals surface area contributed by atoms with E-state index >= 15 is 0 Å². The van der Waals surface area contributed by atoms with Crippen LogP contribution in [0.15, 0.2) is 0 Å². The molecule has 1 aliphatic rings. The third-order valence-corrected chi connectivity index (χ3v) is 11.1. The molecule has 2 unspecified atom stereocenters. The van der Waals surface area contributed by atoms with Crippen LogP contribution in [0, 0.1) is 5.92 Å². The Balaban J connectivity index is 2.26. The maximum Gasteiger partial charge on any atom is 0.306 e. The van der Waals surface area contributed by atoms with Crippen molar-refractivity contribution in [3.63, 3.8) is 0 Å². The quantitative estimate of drug-likeness (QED) is 0.0483. The van der Waals surface area contributed by atoms with Crippen LogP contribution >= 0.6 is 0 Å². The number of likely N-dealkylation sites (tertiary alicyclic amines) is 1. The Labute approximate surface area is 306 Å². The van der Waals surface area contributed by atoms with Crippen LogP contribution in [-0.4, -0.2) is 48.7 Å². The molecule has 5 heteroatoms. The topological polar surface area (TPSA) is 55.8 Å². The first-order valence-corrected chi connectivity index (χ1v) is 22.1. The molecule has 0 bridgehead atoms. The highest BCUT2D eigenvalue weighted by Gasteiger charge is 2.32. The molecule has 0 aromatic carbocycles. The summed E-state index contributed by atoms with van der Waals surface area (Å²) in [5.41, 5.74) is 0. The summed E-state index contributed by atoms with van der Waals surface area (Å²) in [4.78, 5) is 27.8. The summed E-state index contributed by atoms with van der Waals surface area (Å²) in [5.74, 6) is 0.704. The van der Waals surface area contributed by atoms with E-state index in [1.165, 1.54) is 154 Å². The molecule has 1 heterocycles. The highest BCUT2D eigenvalue weighted by atomic mass is 16.5. The van der Waals surface area contributed by atoms with E-state index in [4.69, 9.17) is 9.47 Å². The van der Waals surface area contributed by atoms with Gasteiger partial charge in [0.15, 0.2) is 0 Å². The Bertz CT molecular complexity index is 726. The van der Waals surface area contributed by atoms with E-state index in [1.807, 2.05) is 0 Å². The van der Waals surface area contributed by atoms with Crippen LogP contribution in [0.5, 0.6) is 0 Å². The van der Waals surface area contributed by atoms with Crippen molar-refractivity contribution in [1.29, 1.82) is 0 Å². The summed E-state index contributed by atoms with van der Waals surface area (Å²) in [5, 5.41) is 0. The zero-order valence-electron chi connectivity index (χ0n) is 33.6. The van der Waals surface area contributed by atoms with Crippen LogP contribution in [0.3, 0.4) is 0 Å². The normalized spacial score (nSPS) is 16.5. The van der Waals surface area contributed by atoms with Crippen LogP contribution in [0.1, 0.15) is 233 Å². The molecule has 0 saturated carbocycles. The smallest absolute Gasteiger partial charge is 0.306 e. The number of esters is 2. The van der Waals surface area contributed by atoms with E-state index in [1.54, 1.807) is 0 Å². The second-order valence-corrected chi connectivity index (χ2v) is 15.5. The number of nitrogens with zero attached hydrogens (tertiary/aromatic N) is 1. The second-order valence-electron chi connectivity index (χ2n) is 15.5. The lowest BCUT2D eigenvalue weighted by Crippen LogP contribution is -2.32. The fourth-order valence-corrected chi connectivity index (χ4v) is 7.93. The maximum atomic E-state index is 12.8. The Morgan fingerprint density at radius 3 is 1.59 bits per heavy atom. The molecule has 1 saturated heterocycles. The van der Waals surface area contributed by atoms with Crippen molar-refractivity contribution in [3.8, 4) is 0 Å². The number of carbonyl (C=O) groups excluding carboxylic acids is 2. The molecular formula is C44H85NO4. The predicted octanol–water partition coefficient (Wildman–Crippen LogP) is 13.3. The molecule has 0 N–H and O–H groups in total. The van der Waals surface area contributed by atoms with E-state index < -0.39 is 0 Å². The first-order chi connectivity index (χ1) is 24.0. The molecule has 0 aromatic heterocycles. The Morgan fingerprint density at radius 1 is 0.551 bits per heavy atom. The van der Waals surface area contributed by atoms with Gasteiger partial charge in [0.1, 0.15) is 6.10 Å². The third-order valence-electron chi connectivity index (χ3n) is 11.1. The zero-order chi connectivity index (χ0) is 35.6. The van der Waals surface area contributed by atoms with Crippen molar-refractivity contribution in [2.24, 2.45) is 5.92 Å². The molecule has 0 radical (unpaired) electrons. The van der Waals surface area contributed by atoms with Gasteiger partial charge in [0.25, 0.3) is 0 Å². The monoisotopic (exact) mass is 692 g/mol. The molecule has 0 aromatic rings. The van der Waals surface area contributed by atoms with E-state index in [9.17, 15) is 9.59 Å². The van der Waals surface area contributed by atoms with Gasteiger partial charge in [0.2, 0.25) is 0 Å². The van der Waals surface area contributed by atoms with Crippen LogP contribution in [0.25, 0.3) is 0 Å². The molecule has 1 aliphatic heterocycles. The van der Waals surface area contributed by atoms with Gasteiger partial charge >= 0.3 is 11.9 Å². The fraction of sp³-hybridized carbons (Fsp3) is 0.955. The first kappa shape index (κ1) is 45.9. The molecule has 0 spiro atoms. The van der Waals surface area contributed by atoms with Gasteiger partial charge in [-0.25, -0.2) is 0 Å². The van der Waals surface area contributed by atoms with Crippen molar-refractivity contribution in [1.82, 2.24) is 4.90 Å². The standard InChI is InChI=1S/C44H85NO4/c1-5-9-12-15-18-19-20-23-29-39-48-43(46)36-30-31-40-37-38-45(8-4)42(40)34-27-24-28-35-44(47)49-41(32-25-21-16-13-10-6-2)33-26-22-17-14-11-7-3/h40-42H,5-39H2,1-4H3. The number of hydrogen-bond acceptors (Lipinski definition) is 5. The Hall–Kier alpha value is -1.10. The largest absolute Gasteiger partial charge is 0.466 e. The van der Waals surface area contributed by atoms with Crippen molar-refractivity contribution in [2.45, 2.75) is 245 Å². The minimum atomic E-state index is -0.00506. The van der Waals surface area contributed by atoms with E-state index in [0.29, 0.717) is 31.4 Å². The number of carbonyl (C=O) groups is 2. The summed E-state index contributed by atoms with van der Waals surface area (Å²) in [7, 11) is 0. The van der Waals surface area contributed by atoms with Gasteiger partial charge in [-0.15, -0.1) is 0 Å². The molecule has 5 nitrogen and oxygen atoms in total. The summed E-state index contributed by atoms with van der Waals surface area (Å²) in [6.45, 7) is 12.0. The van der Waals surface area contributed by atoms with Gasteiger partial charge in [-0.1, -0.05) is 156 Å². The summed E-state index contributed by atoms with van der Waals surface area (Å²) in [6, 6.07) is 0.619. The lowest BCUT2D eigenvalue weighted by molar-refractivity contribution is -0.150. The first-order valence-electron chi connectivity index (χ1n) is 22.1. The van der Waals surface area contributed by atoms with E-state index in [2.05, 4.69) is 32.6 Å². The van der Waals surface area contributed by atoms with Crippen molar-refractivity contribution < 1.29 is 19.1 Å². The summed E-state index contributed by atoms with van der Waals surface area (Å²) < 4.78 is 11.6. The van der Waals surface area contributed by atoms with E-state index in [-0.39, 0.29) is 18.0 Å². The minimum absolute atomic E-state index is 0.00506. The molecular weight excluding hydrogens is 606 g/mol. The van der Waals surface area contributed by atoms with Gasteiger partial charge in [0.05, 0.1) is 6.61 Å². The van der Waals surface area contributed by atoms with Crippen LogP contribution in [-0.2, 0) is 19.1 Å². The summed E-state index contributed by atoms with van der Waals surface area (Å²) >= 11 is 0. The fourth-order valence-electron chi connectivity index (χ4n) is 7.93. The highest BCUT2D eigenvalue weighted by Crippen LogP contribution is 2.32. The highest BCUT2D eigenvalue weighted by molar-refractivity contribution is 5.69. The lowest BCUT2D eigenvalue weighted by Gasteiger charge is -2.27. The number of rotatable bonds is 36. The van der Waals surface area contributed by atoms with E-state index in [0.717, 1.165) is 51.5 Å². The van der Waals surface area contributed by atoms with Crippen molar-refractivity contribution in [2.75, 3.05) is 19.7 Å². The van der Waals surface area contributed by atoms with Gasteiger partial charge in [-0.3, -0.25) is 9.59 Å². The van der Waals surface area contributed by atoms with Crippen LogP contribution in [0.4, 0.5) is 0 Å². The molecule has 0 amide bonds. The molecule has 1 fully saturated rings. The molecule has 2 atom stereocenters. The third kappa shape index (κ3) is 26.4. The van der Waals surface area contributed by atoms with Crippen molar-refractivity contribution in [3.05, 3.63) is 0 Å². The van der Waals surface area contributed by atoms with Crippen molar-refractivity contribution >= 4 is 11.9 Å². The molecule has 49 heavy (non-hydrogen) atoms. The number of hydrogen-bond donors (Lipinski definition) is 0. The Morgan fingerprint density at radius 2 is 1.04 bits per heavy atom. The predicted molar refractivity (Wildman–Crippen MR) is 210 cm³/mol.